The third-order valence-corrected chi connectivity index (χ3v) is 3.61. The van der Waals surface area contributed by atoms with E-state index in [4.69, 9.17) is 5.11 Å². The van der Waals surface area contributed by atoms with Crippen molar-refractivity contribution in [2.24, 2.45) is 11.8 Å². The van der Waals surface area contributed by atoms with Gasteiger partial charge in [0.1, 0.15) is 11.6 Å². The number of phenols is 1. The number of carbonyl (C=O) groups is 1. The topological polar surface area (TPSA) is 57.5 Å². The van der Waals surface area contributed by atoms with Crippen molar-refractivity contribution in [2.75, 3.05) is 0 Å². The van der Waals surface area contributed by atoms with Crippen LogP contribution >= 0.6 is 0 Å². The van der Waals surface area contributed by atoms with E-state index in [-0.39, 0.29) is 11.7 Å². The number of carboxylic acid groups (broad SMARTS) is 1. The van der Waals surface area contributed by atoms with Gasteiger partial charge in [0.15, 0.2) is 0 Å². The number of benzene rings is 1. The molecule has 0 heterocycles. The van der Waals surface area contributed by atoms with Crippen LogP contribution < -0.4 is 0 Å². The maximum Gasteiger partial charge on any atom is 0.306 e. The maximum absolute atomic E-state index is 13.3. The van der Waals surface area contributed by atoms with Gasteiger partial charge in [-0.15, -0.1) is 0 Å². The molecule has 0 radical (unpaired) electrons. The smallest absolute Gasteiger partial charge is 0.306 e. The molecule has 1 unspecified atom stereocenters. The molecule has 3 nitrogen and oxygen atoms in total. The van der Waals surface area contributed by atoms with Crippen molar-refractivity contribution in [3.8, 4) is 5.75 Å². The fourth-order valence-electron chi connectivity index (χ4n) is 2.32. The van der Waals surface area contributed by atoms with Crippen molar-refractivity contribution >= 4 is 5.97 Å². The van der Waals surface area contributed by atoms with E-state index in [1.807, 2.05) is 0 Å². The Bertz CT molecular complexity index is 434. The van der Waals surface area contributed by atoms with Gasteiger partial charge in [-0.1, -0.05) is 19.8 Å². The Morgan fingerprint density at radius 1 is 1.44 bits per heavy atom. The molecule has 1 aliphatic rings. The van der Waals surface area contributed by atoms with Crippen LogP contribution in [0.15, 0.2) is 18.2 Å². The van der Waals surface area contributed by atoms with Gasteiger partial charge in [0.25, 0.3) is 0 Å². The van der Waals surface area contributed by atoms with Gasteiger partial charge in [0, 0.05) is 6.07 Å². The third-order valence-electron chi connectivity index (χ3n) is 3.61. The van der Waals surface area contributed by atoms with Crippen LogP contribution in [-0.2, 0) is 4.79 Å². The summed E-state index contributed by atoms with van der Waals surface area (Å²) in [6, 6.07) is 3.82. The number of hydrogen-bond donors (Lipinski definition) is 2. The fourth-order valence-corrected chi connectivity index (χ4v) is 2.32. The summed E-state index contributed by atoms with van der Waals surface area (Å²) in [5, 5.41) is 18.6. The van der Waals surface area contributed by atoms with Gasteiger partial charge < -0.3 is 10.2 Å². The zero-order chi connectivity index (χ0) is 13.3. The Hall–Kier alpha value is -1.58. The van der Waals surface area contributed by atoms with Crippen LogP contribution in [0.3, 0.4) is 0 Å². The number of aliphatic carboxylic acids is 1. The molecule has 0 bridgehead atoms. The van der Waals surface area contributed by atoms with Crippen LogP contribution in [0.4, 0.5) is 4.39 Å². The first-order valence-electron chi connectivity index (χ1n) is 6.19. The zero-order valence-corrected chi connectivity index (χ0v) is 10.3. The van der Waals surface area contributed by atoms with Gasteiger partial charge in [-0.2, -0.15) is 0 Å². The highest BCUT2D eigenvalue weighted by molar-refractivity contribution is 5.71. The largest absolute Gasteiger partial charge is 0.508 e. The summed E-state index contributed by atoms with van der Waals surface area (Å²) in [6.07, 6.45) is 2.98. The Morgan fingerprint density at radius 2 is 2.11 bits per heavy atom. The molecule has 0 spiro atoms. The van der Waals surface area contributed by atoms with Crippen molar-refractivity contribution in [2.45, 2.75) is 32.1 Å². The summed E-state index contributed by atoms with van der Waals surface area (Å²) in [7, 11) is 0. The monoisotopic (exact) mass is 252 g/mol. The van der Waals surface area contributed by atoms with Gasteiger partial charge in [0.05, 0.1) is 5.92 Å². The summed E-state index contributed by atoms with van der Waals surface area (Å²) < 4.78 is 13.3. The minimum Gasteiger partial charge on any atom is -0.508 e. The van der Waals surface area contributed by atoms with Crippen LogP contribution in [0.5, 0.6) is 5.75 Å². The minimum atomic E-state index is -0.885. The summed E-state index contributed by atoms with van der Waals surface area (Å²) in [6.45, 7) is 1.64. The Labute approximate surface area is 105 Å². The van der Waals surface area contributed by atoms with Crippen LogP contribution in [-0.4, -0.2) is 16.2 Å². The third kappa shape index (κ3) is 3.00. The van der Waals surface area contributed by atoms with Crippen molar-refractivity contribution in [3.05, 3.63) is 29.6 Å². The van der Waals surface area contributed by atoms with E-state index in [2.05, 4.69) is 0 Å². The SMILES string of the molecule is CC(C(=O)O)[C@@H](CC1CC1)c1cc(O)cc(F)c1. The molecular weight excluding hydrogens is 235 g/mol. The van der Waals surface area contributed by atoms with Gasteiger partial charge in [-0.05, 0) is 36.0 Å². The molecule has 2 atom stereocenters. The van der Waals surface area contributed by atoms with Gasteiger partial charge in [-0.3, -0.25) is 4.79 Å². The number of hydrogen-bond acceptors (Lipinski definition) is 2. The van der Waals surface area contributed by atoms with Crippen LogP contribution in [0.1, 0.15) is 37.7 Å². The average molecular weight is 252 g/mol. The van der Waals surface area contributed by atoms with Crippen LogP contribution in [0.2, 0.25) is 0 Å². The van der Waals surface area contributed by atoms with Gasteiger partial charge in [-0.25, -0.2) is 4.39 Å². The first-order chi connectivity index (χ1) is 8.47. The average Bonchev–Trinajstić information content (AvgIpc) is 3.07. The molecule has 1 aromatic rings. The maximum atomic E-state index is 13.3. The van der Waals surface area contributed by atoms with Gasteiger partial charge in [0.2, 0.25) is 0 Å². The van der Waals surface area contributed by atoms with Crippen molar-refractivity contribution in [1.29, 1.82) is 0 Å². The highest BCUT2D eigenvalue weighted by atomic mass is 19.1. The first kappa shape index (κ1) is 12.9. The second-order valence-corrected chi connectivity index (χ2v) is 5.16. The summed E-state index contributed by atoms with van der Waals surface area (Å²) in [4.78, 5) is 11.1. The molecule has 1 aliphatic carbocycles. The number of phenolic OH excluding ortho intramolecular Hbond substituents is 1. The van der Waals surface area contributed by atoms with E-state index in [1.165, 1.54) is 12.1 Å². The highest BCUT2D eigenvalue weighted by Gasteiger charge is 2.32. The van der Waals surface area contributed by atoms with Crippen LogP contribution in [0, 0.1) is 17.7 Å². The number of rotatable bonds is 5. The highest BCUT2D eigenvalue weighted by Crippen LogP contribution is 2.42. The van der Waals surface area contributed by atoms with Crippen molar-refractivity contribution in [1.82, 2.24) is 0 Å². The van der Waals surface area contributed by atoms with Gasteiger partial charge >= 0.3 is 5.97 Å². The molecule has 1 saturated carbocycles. The molecule has 1 fully saturated rings. The van der Waals surface area contributed by atoms with Crippen molar-refractivity contribution < 1.29 is 19.4 Å². The predicted molar refractivity (Wildman–Crippen MR) is 64.9 cm³/mol. The number of carboxylic acids is 1. The second kappa shape index (κ2) is 4.96. The van der Waals surface area contributed by atoms with Crippen LogP contribution in [0.25, 0.3) is 0 Å². The normalized spacial score (nSPS) is 18.3. The van der Waals surface area contributed by atoms with E-state index in [9.17, 15) is 14.3 Å². The molecule has 18 heavy (non-hydrogen) atoms. The standard InChI is InChI=1S/C14H17FO3/c1-8(14(17)18)13(4-9-2-3-9)10-5-11(15)7-12(16)6-10/h5-9,13,16H,2-4H2,1H3,(H,17,18)/t8?,13-/m1/s1. The van der Waals surface area contributed by atoms with E-state index in [1.54, 1.807) is 6.92 Å². The second-order valence-electron chi connectivity index (χ2n) is 5.16. The summed E-state index contributed by atoms with van der Waals surface area (Å²) in [5.41, 5.74) is 0.578. The lowest BCUT2D eigenvalue weighted by Gasteiger charge is -2.21. The molecule has 4 heteroatoms. The lowest BCUT2D eigenvalue weighted by atomic mass is 9.83. The first-order valence-corrected chi connectivity index (χ1v) is 6.19. The lowest BCUT2D eigenvalue weighted by molar-refractivity contribution is -0.142. The van der Waals surface area contributed by atoms with E-state index in [0.717, 1.165) is 25.3 Å². The Kier molecular flexibility index (Phi) is 3.55. The van der Waals surface area contributed by atoms with Crippen molar-refractivity contribution in [3.63, 3.8) is 0 Å². The number of halogens is 1. The lowest BCUT2D eigenvalue weighted by Crippen LogP contribution is -2.19. The summed E-state index contributed by atoms with van der Waals surface area (Å²) >= 11 is 0. The zero-order valence-electron chi connectivity index (χ0n) is 10.3. The Morgan fingerprint density at radius 3 is 2.61 bits per heavy atom. The molecular formula is C14H17FO3. The molecule has 0 aliphatic heterocycles. The van der Waals surface area contributed by atoms with E-state index in [0.29, 0.717) is 11.5 Å². The summed E-state index contributed by atoms with van der Waals surface area (Å²) in [5.74, 6) is -1.83. The fraction of sp³-hybridized carbons (Fsp3) is 0.500. The van der Waals surface area contributed by atoms with E-state index < -0.39 is 17.7 Å². The molecule has 2 rings (SSSR count). The number of aromatic hydroxyl groups is 1. The minimum absolute atomic E-state index is 0.150. The predicted octanol–water partition coefficient (Wildman–Crippen LogP) is 3.14. The molecule has 98 valence electrons. The molecule has 1 aromatic carbocycles. The molecule has 0 amide bonds. The van der Waals surface area contributed by atoms with E-state index >= 15 is 0 Å². The molecule has 0 aromatic heterocycles. The quantitative estimate of drug-likeness (QED) is 0.846. The molecule has 0 saturated heterocycles. The molecule has 2 N–H and O–H groups in total. The Balaban J connectivity index is 2.28.